The molecule has 9 nitrogen and oxygen atoms in total. The summed E-state index contributed by atoms with van der Waals surface area (Å²) in [5.41, 5.74) is 0.684. The number of ether oxygens (including phenoxy) is 2. The van der Waals surface area contributed by atoms with Crippen LogP contribution in [0.15, 0.2) is 75.1 Å². The first-order valence-corrected chi connectivity index (χ1v) is 14.1. The highest BCUT2D eigenvalue weighted by Gasteiger charge is 2.36. The number of benzene rings is 2. The number of sulfone groups is 2. The summed E-state index contributed by atoms with van der Waals surface area (Å²) >= 11 is 0. The van der Waals surface area contributed by atoms with Gasteiger partial charge in [0.1, 0.15) is 0 Å². The Morgan fingerprint density at radius 1 is 1.03 bits per heavy atom. The normalized spacial score (nSPS) is 17.1. The molecule has 186 valence electrons. The van der Waals surface area contributed by atoms with Gasteiger partial charge in [-0.2, -0.15) is 0 Å². The number of furan rings is 1. The van der Waals surface area contributed by atoms with Gasteiger partial charge in [-0.05, 0) is 48.4 Å². The average molecular weight is 520 g/mol. The molecule has 1 atom stereocenters. The SMILES string of the molecule is COc1ccc(CN(C(=O)c2ccc(S(=O)(=O)c3ccccc3)o2)[C@H]2CCS(=O)(=O)C2)cc1OC. The van der Waals surface area contributed by atoms with Gasteiger partial charge in [0.2, 0.25) is 14.9 Å². The van der Waals surface area contributed by atoms with Crippen LogP contribution in [0.4, 0.5) is 0 Å². The molecule has 1 aliphatic rings. The summed E-state index contributed by atoms with van der Waals surface area (Å²) in [6, 6.07) is 14.8. The number of hydrogen-bond acceptors (Lipinski definition) is 8. The van der Waals surface area contributed by atoms with E-state index in [4.69, 9.17) is 13.9 Å². The molecular formula is C24H25NO8S2. The summed E-state index contributed by atoms with van der Waals surface area (Å²) in [5.74, 6) is -0.0214. The van der Waals surface area contributed by atoms with Gasteiger partial charge in [-0.15, -0.1) is 0 Å². The monoisotopic (exact) mass is 519 g/mol. The molecule has 0 radical (unpaired) electrons. The maximum absolute atomic E-state index is 13.5. The third-order valence-corrected chi connectivity index (χ3v) is 9.21. The van der Waals surface area contributed by atoms with Crippen LogP contribution in [0.1, 0.15) is 22.5 Å². The molecule has 0 unspecified atom stereocenters. The molecule has 35 heavy (non-hydrogen) atoms. The highest BCUT2D eigenvalue weighted by atomic mass is 32.2. The Morgan fingerprint density at radius 3 is 2.37 bits per heavy atom. The maximum atomic E-state index is 13.5. The first kappa shape index (κ1) is 24.8. The Labute approximate surface area is 204 Å². The third kappa shape index (κ3) is 5.20. The maximum Gasteiger partial charge on any atom is 0.290 e. The van der Waals surface area contributed by atoms with E-state index in [-0.39, 0.29) is 40.2 Å². The van der Waals surface area contributed by atoms with Crippen LogP contribution >= 0.6 is 0 Å². The van der Waals surface area contributed by atoms with Crippen LogP contribution in [0.25, 0.3) is 0 Å². The molecule has 1 saturated heterocycles. The standard InChI is InChI=1S/C24H25NO8S2/c1-31-20-9-8-17(14-22(20)32-2)15-25(18-12-13-34(27,28)16-18)24(26)21-10-11-23(33-21)35(29,30)19-6-4-3-5-7-19/h3-11,14,18H,12-13,15-16H2,1-2H3/t18-/m0/s1. The van der Waals surface area contributed by atoms with E-state index in [9.17, 15) is 21.6 Å². The molecule has 1 aliphatic heterocycles. The number of rotatable bonds is 8. The second-order valence-corrected chi connectivity index (χ2v) is 12.2. The van der Waals surface area contributed by atoms with E-state index < -0.39 is 31.6 Å². The van der Waals surface area contributed by atoms with Crippen LogP contribution in [0, 0.1) is 0 Å². The summed E-state index contributed by atoms with van der Waals surface area (Å²) in [7, 11) is -4.25. The summed E-state index contributed by atoms with van der Waals surface area (Å²) in [5, 5.41) is -0.364. The smallest absolute Gasteiger partial charge is 0.290 e. The highest BCUT2D eigenvalue weighted by Crippen LogP contribution is 2.30. The fourth-order valence-electron chi connectivity index (χ4n) is 4.00. The lowest BCUT2D eigenvalue weighted by Crippen LogP contribution is -2.40. The lowest BCUT2D eigenvalue weighted by atomic mass is 10.1. The largest absolute Gasteiger partial charge is 0.493 e. The Kier molecular flexibility index (Phi) is 6.91. The van der Waals surface area contributed by atoms with E-state index in [1.165, 1.54) is 43.4 Å². The Bertz CT molecular complexity index is 1430. The number of methoxy groups -OCH3 is 2. The molecule has 2 heterocycles. The average Bonchev–Trinajstić information content (AvgIpc) is 3.49. The molecule has 4 rings (SSSR count). The van der Waals surface area contributed by atoms with Crippen molar-refractivity contribution in [3.05, 3.63) is 72.0 Å². The third-order valence-electron chi connectivity index (χ3n) is 5.82. The van der Waals surface area contributed by atoms with Gasteiger partial charge >= 0.3 is 0 Å². The van der Waals surface area contributed by atoms with Crippen LogP contribution in [0.3, 0.4) is 0 Å². The molecule has 3 aromatic rings. The summed E-state index contributed by atoms with van der Waals surface area (Å²) in [4.78, 5) is 14.9. The van der Waals surface area contributed by atoms with Crippen LogP contribution in [-0.2, 0) is 26.2 Å². The zero-order valence-corrected chi connectivity index (χ0v) is 20.8. The van der Waals surface area contributed by atoms with Crippen molar-refractivity contribution < 1.29 is 35.5 Å². The van der Waals surface area contributed by atoms with Crippen molar-refractivity contribution in [1.29, 1.82) is 0 Å². The minimum atomic E-state index is -3.95. The van der Waals surface area contributed by atoms with Crippen LogP contribution in [0.2, 0.25) is 0 Å². The molecule has 0 bridgehead atoms. The minimum Gasteiger partial charge on any atom is -0.493 e. The predicted molar refractivity (Wildman–Crippen MR) is 127 cm³/mol. The number of amides is 1. The molecule has 11 heteroatoms. The van der Waals surface area contributed by atoms with E-state index in [1.54, 1.807) is 36.4 Å². The van der Waals surface area contributed by atoms with Crippen LogP contribution < -0.4 is 9.47 Å². The molecule has 0 saturated carbocycles. The van der Waals surface area contributed by atoms with Gasteiger partial charge < -0.3 is 18.8 Å². The van der Waals surface area contributed by atoms with Gasteiger partial charge in [-0.3, -0.25) is 4.79 Å². The van der Waals surface area contributed by atoms with E-state index in [1.807, 2.05) is 0 Å². The van der Waals surface area contributed by atoms with Crippen molar-refractivity contribution in [1.82, 2.24) is 4.90 Å². The van der Waals surface area contributed by atoms with Crippen molar-refractivity contribution in [3.63, 3.8) is 0 Å². The fourth-order valence-corrected chi connectivity index (χ4v) is 6.93. The lowest BCUT2D eigenvalue weighted by molar-refractivity contribution is 0.0642. The Balaban J connectivity index is 1.66. The van der Waals surface area contributed by atoms with Gasteiger partial charge in [-0.1, -0.05) is 24.3 Å². The number of nitrogens with zero attached hydrogens (tertiary/aromatic N) is 1. The molecule has 0 spiro atoms. The van der Waals surface area contributed by atoms with Crippen molar-refractivity contribution >= 4 is 25.6 Å². The zero-order chi connectivity index (χ0) is 25.2. The Hall–Kier alpha value is -3.31. The van der Waals surface area contributed by atoms with E-state index in [2.05, 4.69) is 0 Å². The number of hydrogen-bond donors (Lipinski definition) is 0. The number of carbonyl (C=O) groups excluding carboxylic acids is 1. The second kappa shape index (κ2) is 9.74. The molecular weight excluding hydrogens is 494 g/mol. The van der Waals surface area contributed by atoms with Gasteiger partial charge in [0.25, 0.3) is 5.91 Å². The van der Waals surface area contributed by atoms with Crippen molar-refractivity contribution in [3.8, 4) is 11.5 Å². The molecule has 0 aliphatic carbocycles. The van der Waals surface area contributed by atoms with Crippen molar-refractivity contribution in [2.45, 2.75) is 29.0 Å². The summed E-state index contributed by atoms with van der Waals surface area (Å²) in [6.07, 6.45) is 0.275. The van der Waals surface area contributed by atoms with Crippen LogP contribution in [0.5, 0.6) is 11.5 Å². The molecule has 0 N–H and O–H groups in total. The second-order valence-electron chi connectivity index (χ2n) is 8.11. The van der Waals surface area contributed by atoms with Crippen molar-refractivity contribution in [2.75, 3.05) is 25.7 Å². The first-order valence-electron chi connectivity index (χ1n) is 10.8. The Morgan fingerprint density at radius 2 is 1.74 bits per heavy atom. The van der Waals surface area contributed by atoms with Gasteiger partial charge in [0.05, 0.1) is 30.6 Å². The summed E-state index contributed by atoms with van der Waals surface area (Å²) in [6.45, 7) is 0.0703. The molecule has 1 fully saturated rings. The van der Waals surface area contributed by atoms with Crippen LogP contribution in [-0.4, -0.2) is 59.4 Å². The van der Waals surface area contributed by atoms with Gasteiger partial charge in [0, 0.05) is 12.6 Å². The van der Waals surface area contributed by atoms with Gasteiger partial charge in [-0.25, -0.2) is 16.8 Å². The predicted octanol–water partition coefficient (Wildman–Crippen LogP) is 2.96. The van der Waals surface area contributed by atoms with Crippen molar-refractivity contribution in [2.24, 2.45) is 0 Å². The minimum absolute atomic E-state index is 0.0286. The highest BCUT2D eigenvalue weighted by molar-refractivity contribution is 7.91. The number of carbonyl (C=O) groups is 1. The van der Waals surface area contributed by atoms with E-state index >= 15 is 0 Å². The van der Waals surface area contributed by atoms with Gasteiger partial charge in [0.15, 0.2) is 27.1 Å². The molecule has 1 amide bonds. The topological polar surface area (TPSA) is 120 Å². The molecule has 2 aromatic carbocycles. The first-order chi connectivity index (χ1) is 16.6. The quantitative estimate of drug-likeness (QED) is 0.446. The fraction of sp³-hybridized carbons (Fsp3) is 0.292. The van der Waals surface area contributed by atoms with E-state index in [0.717, 1.165) is 0 Å². The zero-order valence-electron chi connectivity index (χ0n) is 19.2. The lowest BCUT2D eigenvalue weighted by Gasteiger charge is -2.28. The summed E-state index contributed by atoms with van der Waals surface area (Å²) < 4.78 is 66.2. The van der Waals surface area contributed by atoms with E-state index in [0.29, 0.717) is 17.1 Å². The molecule has 1 aromatic heterocycles.